The molecule has 0 saturated carbocycles. The Morgan fingerprint density at radius 1 is 0.266 bits per heavy atom. The van der Waals surface area contributed by atoms with Crippen LogP contribution < -0.4 is 4.90 Å². The molecule has 0 bridgehead atoms. The first-order chi connectivity index (χ1) is 31.7. The Labute approximate surface area is 377 Å². The summed E-state index contributed by atoms with van der Waals surface area (Å²) in [6.07, 6.45) is 0. The Kier molecular flexibility index (Phi) is 9.43. The first kappa shape index (κ1) is 37.7. The highest BCUT2D eigenvalue weighted by atomic mass is 32.1. The summed E-state index contributed by atoms with van der Waals surface area (Å²) in [5, 5.41) is 7.68. The van der Waals surface area contributed by atoms with Crippen LogP contribution in [0.2, 0.25) is 0 Å². The highest BCUT2D eigenvalue weighted by Crippen LogP contribution is 2.45. The molecule has 12 aromatic rings. The molecule has 0 amide bonds. The number of anilines is 3. The average molecular weight is 832 g/mol. The number of rotatable bonds is 8. The molecule has 11 aromatic carbocycles. The highest BCUT2D eigenvalue weighted by Gasteiger charge is 2.18. The highest BCUT2D eigenvalue weighted by molar-refractivity contribution is 7.26. The van der Waals surface area contributed by atoms with E-state index in [0.29, 0.717) is 0 Å². The van der Waals surface area contributed by atoms with E-state index in [9.17, 15) is 0 Å². The summed E-state index contributed by atoms with van der Waals surface area (Å²) in [6.45, 7) is 0. The molecule has 0 spiro atoms. The van der Waals surface area contributed by atoms with Gasteiger partial charge < -0.3 is 4.90 Å². The van der Waals surface area contributed by atoms with Gasteiger partial charge in [-0.2, -0.15) is 0 Å². The minimum absolute atomic E-state index is 1.10. The Balaban J connectivity index is 0.980. The Bertz CT molecular complexity index is 3640. The summed E-state index contributed by atoms with van der Waals surface area (Å²) in [5.74, 6) is 0. The zero-order valence-corrected chi connectivity index (χ0v) is 35.8. The molecular formula is C62H41NS. The van der Waals surface area contributed by atoms with Crippen LogP contribution in [0.3, 0.4) is 0 Å². The van der Waals surface area contributed by atoms with Gasteiger partial charge in [0.15, 0.2) is 0 Å². The van der Waals surface area contributed by atoms with Crippen LogP contribution in [-0.4, -0.2) is 0 Å². The van der Waals surface area contributed by atoms with Crippen molar-refractivity contribution in [3.8, 4) is 55.6 Å². The number of hydrogen-bond donors (Lipinski definition) is 0. The molecule has 0 N–H and O–H groups in total. The summed E-state index contributed by atoms with van der Waals surface area (Å²) in [7, 11) is 0. The molecule has 1 aromatic heterocycles. The molecule has 0 aliphatic heterocycles. The lowest BCUT2D eigenvalue weighted by atomic mass is 9.89. The van der Waals surface area contributed by atoms with Gasteiger partial charge in [0.05, 0.1) is 0 Å². The lowest BCUT2D eigenvalue weighted by Gasteiger charge is -2.26. The van der Waals surface area contributed by atoms with E-state index in [0.717, 1.165) is 17.1 Å². The van der Waals surface area contributed by atoms with Gasteiger partial charge in [-0.15, -0.1) is 11.3 Å². The number of benzene rings is 11. The third-order valence-electron chi connectivity index (χ3n) is 12.7. The summed E-state index contributed by atoms with van der Waals surface area (Å²) in [5.41, 5.74) is 15.5. The van der Waals surface area contributed by atoms with E-state index in [2.05, 4.69) is 254 Å². The van der Waals surface area contributed by atoms with Crippen molar-refractivity contribution >= 4 is 70.1 Å². The molecule has 300 valence electrons. The zero-order valence-electron chi connectivity index (χ0n) is 35.0. The molecule has 0 radical (unpaired) electrons. The largest absolute Gasteiger partial charge is 0.310 e. The predicted molar refractivity (Wildman–Crippen MR) is 276 cm³/mol. The lowest BCUT2D eigenvalue weighted by molar-refractivity contribution is 1.29. The fourth-order valence-corrected chi connectivity index (χ4v) is 10.9. The van der Waals surface area contributed by atoms with Crippen molar-refractivity contribution in [2.45, 2.75) is 0 Å². The molecule has 64 heavy (non-hydrogen) atoms. The van der Waals surface area contributed by atoms with Crippen LogP contribution in [0.25, 0.3) is 97.4 Å². The van der Waals surface area contributed by atoms with Crippen LogP contribution in [0.1, 0.15) is 0 Å². The van der Waals surface area contributed by atoms with Crippen LogP contribution in [0, 0.1) is 0 Å². The molecule has 0 unspecified atom stereocenters. The van der Waals surface area contributed by atoms with E-state index < -0.39 is 0 Å². The average Bonchev–Trinajstić information content (AvgIpc) is 3.76. The van der Waals surface area contributed by atoms with Gasteiger partial charge in [-0.05, 0) is 114 Å². The molecular weight excluding hydrogens is 791 g/mol. The Morgan fingerprint density at radius 3 is 1.31 bits per heavy atom. The first-order valence-electron chi connectivity index (χ1n) is 21.9. The minimum atomic E-state index is 1.10. The zero-order chi connectivity index (χ0) is 42.4. The van der Waals surface area contributed by atoms with Gasteiger partial charge >= 0.3 is 0 Å². The van der Waals surface area contributed by atoms with Crippen molar-refractivity contribution in [3.63, 3.8) is 0 Å². The standard InChI is InChI=1S/C62H41NS/c1-3-15-42(16-4-1)51-22-9-11-25-56(51)57-26-12-10-23-52(57)45-29-34-48(35-30-45)63(50-38-40-58-59-39-33-44-19-7-8-24-55(44)62(59)64-60(58)41-50)49-36-31-46(32-37-49)54-28-14-21-47-20-13-27-53(61(47)54)43-17-5-2-6-18-43/h1-41H. The minimum Gasteiger partial charge on any atom is -0.310 e. The molecule has 1 heterocycles. The molecule has 1 nitrogen and oxygen atoms in total. The molecule has 12 rings (SSSR count). The maximum atomic E-state index is 2.41. The van der Waals surface area contributed by atoms with Crippen molar-refractivity contribution in [1.82, 2.24) is 0 Å². The van der Waals surface area contributed by atoms with E-state index in [1.165, 1.54) is 97.4 Å². The van der Waals surface area contributed by atoms with E-state index >= 15 is 0 Å². The maximum absolute atomic E-state index is 2.41. The van der Waals surface area contributed by atoms with E-state index in [-0.39, 0.29) is 0 Å². The van der Waals surface area contributed by atoms with Crippen LogP contribution in [0.15, 0.2) is 249 Å². The molecule has 0 aliphatic rings. The maximum Gasteiger partial charge on any atom is 0.0476 e. The van der Waals surface area contributed by atoms with Gasteiger partial charge in [0.1, 0.15) is 0 Å². The SMILES string of the molecule is c1ccc(-c2ccccc2-c2ccccc2-c2ccc(N(c3ccc(-c4cccc5cccc(-c6ccccc6)c45)cc3)c3ccc4c(c3)sc3c5ccccc5ccc43)cc2)cc1. The van der Waals surface area contributed by atoms with Crippen molar-refractivity contribution in [3.05, 3.63) is 249 Å². The van der Waals surface area contributed by atoms with Gasteiger partial charge in [0, 0.05) is 37.2 Å². The molecule has 0 fully saturated rings. The van der Waals surface area contributed by atoms with Crippen molar-refractivity contribution < 1.29 is 0 Å². The second kappa shape index (κ2) is 16.0. The monoisotopic (exact) mass is 831 g/mol. The Hall–Kier alpha value is -8.04. The van der Waals surface area contributed by atoms with E-state index in [1.807, 2.05) is 11.3 Å². The topological polar surface area (TPSA) is 3.24 Å². The third kappa shape index (κ3) is 6.64. The van der Waals surface area contributed by atoms with E-state index in [4.69, 9.17) is 0 Å². The van der Waals surface area contributed by atoms with Gasteiger partial charge in [0.25, 0.3) is 0 Å². The number of nitrogens with zero attached hydrogens (tertiary/aromatic N) is 1. The summed E-state index contributed by atoms with van der Waals surface area (Å²) >= 11 is 1.89. The predicted octanol–water partition coefficient (Wildman–Crippen LogP) is 18.2. The summed E-state index contributed by atoms with van der Waals surface area (Å²) in [6, 6.07) is 90.8. The van der Waals surface area contributed by atoms with Gasteiger partial charge in [-0.3, -0.25) is 0 Å². The first-order valence-corrected chi connectivity index (χ1v) is 22.7. The number of hydrogen-bond acceptors (Lipinski definition) is 2. The van der Waals surface area contributed by atoms with Crippen molar-refractivity contribution in [2.24, 2.45) is 0 Å². The van der Waals surface area contributed by atoms with Gasteiger partial charge in [0.2, 0.25) is 0 Å². The quantitative estimate of drug-likeness (QED) is 0.147. The lowest BCUT2D eigenvalue weighted by Crippen LogP contribution is -2.09. The summed E-state index contributed by atoms with van der Waals surface area (Å²) in [4.78, 5) is 2.41. The summed E-state index contributed by atoms with van der Waals surface area (Å²) < 4.78 is 2.61. The van der Waals surface area contributed by atoms with Gasteiger partial charge in [-0.25, -0.2) is 0 Å². The second-order valence-electron chi connectivity index (χ2n) is 16.4. The van der Waals surface area contributed by atoms with Crippen LogP contribution >= 0.6 is 11.3 Å². The molecule has 0 aliphatic carbocycles. The van der Waals surface area contributed by atoms with Gasteiger partial charge in [-0.1, -0.05) is 212 Å². The fraction of sp³-hybridized carbons (Fsp3) is 0. The number of thiophene rings is 1. The normalized spacial score (nSPS) is 11.4. The van der Waals surface area contributed by atoms with E-state index in [1.54, 1.807) is 0 Å². The third-order valence-corrected chi connectivity index (χ3v) is 13.9. The van der Waals surface area contributed by atoms with Crippen LogP contribution in [0.5, 0.6) is 0 Å². The van der Waals surface area contributed by atoms with Crippen LogP contribution in [0.4, 0.5) is 17.1 Å². The Morgan fingerprint density at radius 2 is 0.703 bits per heavy atom. The van der Waals surface area contributed by atoms with Crippen LogP contribution in [-0.2, 0) is 0 Å². The molecule has 2 heteroatoms. The smallest absolute Gasteiger partial charge is 0.0476 e. The van der Waals surface area contributed by atoms with Crippen molar-refractivity contribution in [1.29, 1.82) is 0 Å². The fourth-order valence-electron chi connectivity index (χ4n) is 9.66. The second-order valence-corrected chi connectivity index (χ2v) is 17.5. The molecule has 0 saturated heterocycles. The van der Waals surface area contributed by atoms with Crippen molar-refractivity contribution in [2.75, 3.05) is 4.90 Å². The molecule has 0 atom stereocenters. The number of fused-ring (bicyclic) bond motifs is 6.